The van der Waals surface area contributed by atoms with Gasteiger partial charge in [0.2, 0.25) is 5.95 Å². The van der Waals surface area contributed by atoms with Crippen LogP contribution in [0.1, 0.15) is 34.0 Å². The van der Waals surface area contributed by atoms with Crippen molar-refractivity contribution >= 4 is 17.5 Å². The quantitative estimate of drug-likeness (QED) is 0.690. The highest BCUT2D eigenvalue weighted by atomic mass is 16.1. The number of Topliss-reactive ketones (excluding diaryl/α,β-unsaturated/α-hetero) is 1. The Morgan fingerprint density at radius 1 is 0.828 bits per heavy atom. The smallest absolute Gasteiger partial charge is 0.225 e. The van der Waals surface area contributed by atoms with Crippen LogP contribution in [0, 0.1) is 0 Å². The highest BCUT2D eigenvalue weighted by Crippen LogP contribution is 2.32. The van der Waals surface area contributed by atoms with Crippen molar-refractivity contribution in [2.24, 2.45) is 0 Å². The fourth-order valence-electron chi connectivity index (χ4n) is 4.22. The van der Waals surface area contributed by atoms with E-state index in [1.54, 1.807) is 6.20 Å². The number of fused-ring (bicyclic) bond motifs is 1. The Kier molecular flexibility index (Phi) is 4.68. The molecule has 29 heavy (non-hydrogen) atoms. The summed E-state index contributed by atoms with van der Waals surface area (Å²) in [6.45, 7) is 3.43. The lowest BCUT2D eigenvalue weighted by Crippen LogP contribution is -2.47. The number of aromatic nitrogens is 3. The second-order valence-corrected chi connectivity index (χ2v) is 7.63. The monoisotopic (exact) mass is 385 g/mol. The van der Waals surface area contributed by atoms with E-state index >= 15 is 0 Å². The molecule has 1 aliphatic carbocycles. The lowest BCUT2D eigenvalue weighted by Gasteiger charge is -2.35. The molecule has 1 saturated heterocycles. The highest BCUT2D eigenvalue weighted by Gasteiger charge is 2.29. The van der Waals surface area contributed by atoms with Gasteiger partial charge < -0.3 is 9.80 Å². The Labute approximate surface area is 170 Å². The molecular weight excluding hydrogens is 362 g/mol. The molecule has 0 saturated carbocycles. The average molecular weight is 385 g/mol. The molecule has 0 spiro atoms. The predicted molar refractivity (Wildman–Crippen MR) is 113 cm³/mol. The van der Waals surface area contributed by atoms with Crippen molar-refractivity contribution in [1.82, 2.24) is 15.0 Å². The van der Waals surface area contributed by atoms with Crippen molar-refractivity contribution in [3.8, 4) is 0 Å². The second kappa shape index (κ2) is 7.62. The number of piperazine rings is 1. The molecule has 0 amide bonds. The molecule has 1 fully saturated rings. The van der Waals surface area contributed by atoms with Gasteiger partial charge in [0.05, 0.1) is 11.3 Å². The van der Waals surface area contributed by atoms with E-state index in [0.29, 0.717) is 12.0 Å². The van der Waals surface area contributed by atoms with Crippen LogP contribution in [0.4, 0.5) is 11.8 Å². The number of hydrogen-bond donors (Lipinski definition) is 0. The van der Waals surface area contributed by atoms with Gasteiger partial charge in [0.25, 0.3) is 0 Å². The molecular formula is C23H23N5O. The predicted octanol–water partition coefficient (Wildman–Crippen LogP) is 3.11. The number of carbonyl (C=O) groups is 1. The van der Waals surface area contributed by atoms with Gasteiger partial charge in [-0.15, -0.1) is 0 Å². The third kappa shape index (κ3) is 3.58. The summed E-state index contributed by atoms with van der Waals surface area (Å²) < 4.78 is 0. The molecule has 3 aromatic rings. The van der Waals surface area contributed by atoms with Crippen LogP contribution in [0.2, 0.25) is 0 Å². The number of rotatable bonds is 3. The third-order valence-corrected chi connectivity index (χ3v) is 5.83. The van der Waals surface area contributed by atoms with E-state index in [1.165, 1.54) is 5.56 Å². The maximum Gasteiger partial charge on any atom is 0.225 e. The molecule has 6 nitrogen and oxygen atoms in total. The molecule has 5 rings (SSSR count). The lowest BCUT2D eigenvalue weighted by molar-refractivity contribution is 0.0962. The van der Waals surface area contributed by atoms with Gasteiger partial charge in [0.1, 0.15) is 5.82 Å². The van der Waals surface area contributed by atoms with Gasteiger partial charge in [-0.05, 0) is 30.0 Å². The largest absolute Gasteiger partial charge is 0.353 e. The van der Waals surface area contributed by atoms with Crippen LogP contribution in [0.5, 0.6) is 0 Å². The maximum absolute atomic E-state index is 12.6. The highest BCUT2D eigenvalue weighted by molar-refractivity contribution is 5.98. The molecule has 2 aromatic heterocycles. The molecule has 1 atom stereocenters. The van der Waals surface area contributed by atoms with Crippen LogP contribution in [-0.2, 0) is 6.42 Å². The van der Waals surface area contributed by atoms with Crippen LogP contribution in [0.15, 0.2) is 60.9 Å². The minimum absolute atomic E-state index is 0.145. The van der Waals surface area contributed by atoms with E-state index < -0.39 is 0 Å². The van der Waals surface area contributed by atoms with Gasteiger partial charge in [-0.3, -0.25) is 4.79 Å². The first kappa shape index (κ1) is 17.8. The number of anilines is 2. The minimum atomic E-state index is 0.145. The lowest BCUT2D eigenvalue weighted by atomic mass is 9.82. The Morgan fingerprint density at radius 2 is 1.59 bits per heavy atom. The van der Waals surface area contributed by atoms with Crippen LogP contribution in [0.3, 0.4) is 0 Å². The van der Waals surface area contributed by atoms with E-state index in [9.17, 15) is 4.79 Å². The summed E-state index contributed by atoms with van der Waals surface area (Å²) in [5.74, 6) is 2.08. The molecule has 3 heterocycles. The number of carbonyl (C=O) groups excluding carboxylic acids is 1. The van der Waals surface area contributed by atoms with Gasteiger partial charge in [-0.1, -0.05) is 36.4 Å². The summed E-state index contributed by atoms with van der Waals surface area (Å²) in [5, 5.41) is 0. The minimum Gasteiger partial charge on any atom is -0.353 e. The normalized spacial score (nSPS) is 19.2. The van der Waals surface area contributed by atoms with Crippen molar-refractivity contribution < 1.29 is 4.79 Å². The Balaban J connectivity index is 1.33. The Hall–Kier alpha value is -3.28. The zero-order chi connectivity index (χ0) is 19.6. The average Bonchev–Trinajstić information content (AvgIpc) is 2.80. The van der Waals surface area contributed by atoms with Gasteiger partial charge in [-0.2, -0.15) is 0 Å². The van der Waals surface area contributed by atoms with Crippen LogP contribution in [-0.4, -0.2) is 46.9 Å². The SMILES string of the molecule is O=C1C[C@@H](c2ccccc2)Cc2nc(N3CCN(c4ccccn4)CC3)ncc21. The topological polar surface area (TPSA) is 62.2 Å². The van der Waals surface area contributed by atoms with E-state index in [-0.39, 0.29) is 11.7 Å². The summed E-state index contributed by atoms with van der Waals surface area (Å²) in [5.41, 5.74) is 2.77. The van der Waals surface area contributed by atoms with Crippen LogP contribution < -0.4 is 9.80 Å². The van der Waals surface area contributed by atoms with Crippen molar-refractivity contribution in [2.75, 3.05) is 36.0 Å². The van der Waals surface area contributed by atoms with Crippen LogP contribution >= 0.6 is 0 Å². The molecule has 0 unspecified atom stereocenters. The molecule has 0 radical (unpaired) electrons. The van der Waals surface area contributed by atoms with Gasteiger partial charge in [-0.25, -0.2) is 15.0 Å². The number of pyridine rings is 1. The third-order valence-electron chi connectivity index (χ3n) is 5.83. The molecule has 6 heteroatoms. The van der Waals surface area contributed by atoms with Crippen molar-refractivity contribution in [3.63, 3.8) is 0 Å². The Bertz CT molecular complexity index is 1000. The van der Waals surface area contributed by atoms with Gasteiger partial charge in [0.15, 0.2) is 5.78 Å². The fraction of sp³-hybridized carbons (Fsp3) is 0.304. The summed E-state index contributed by atoms with van der Waals surface area (Å²) in [6.07, 6.45) is 4.87. The van der Waals surface area contributed by atoms with Crippen molar-refractivity contribution in [1.29, 1.82) is 0 Å². The Morgan fingerprint density at radius 3 is 2.34 bits per heavy atom. The molecule has 2 aliphatic rings. The number of hydrogen-bond acceptors (Lipinski definition) is 6. The van der Waals surface area contributed by atoms with Crippen molar-refractivity contribution in [3.05, 3.63) is 77.7 Å². The van der Waals surface area contributed by atoms with E-state index in [2.05, 4.69) is 31.9 Å². The second-order valence-electron chi connectivity index (χ2n) is 7.63. The summed E-state index contributed by atoms with van der Waals surface area (Å²) in [4.78, 5) is 30.9. The van der Waals surface area contributed by atoms with E-state index in [0.717, 1.165) is 50.1 Å². The van der Waals surface area contributed by atoms with Gasteiger partial charge in [0, 0.05) is 45.0 Å². The summed E-state index contributed by atoms with van der Waals surface area (Å²) >= 11 is 0. The zero-order valence-electron chi connectivity index (χ0n) is 16.2. The molecule has 0 N–H and O–H groups in total. The fourth-order valence-corrected chi connectivity index (χ4v) is 4.22. The maximum atomic E-state index is 12.6. The summed E-state index contributed by atoms with van der Waals surface area (Å²) in [6, 6.07) is 16.3. The van der Waals surface area contributed by atoms with E-state index in [4.69, 9.17) is 4.98 Å². The first-order valence-corrected chi connectivity index (χ1v) is 10.1. The number of nitrogens with zero attached hydrogens (tertiary/aromatic N) is 5. The van der Waals surface area contributed by atoms with Crippen molar-refractivity contribution in [2.45, 2.75) is 18.8 Å². The summed E-state index contributed by atoms with van der Waals surface area (Å²) in [7, 11) is 0. The van der Waals surface area contributed by atoms with Crippen LogP contribution in [0.25, 0.3) is 0 Å². The standard InChI is InChI=1S/C23H23N5O/c29-21-15-18(17-6-2-1-3-7-17)14-20-19(21)16-25-23(26-20)28-12-10-27(11-13-28)22-8-4-5-9-24-22/h1-9,16,18H,10-15H2/t18-/m0/s1. The molecule has 1 aromatic carbocycles. The van der Waals surface area contributed by atoms with E-state index in [1.807, 2.05) is 42.6 Å². The molecule has 1 aliphatic heterocycles. The first-order chi connectivity index (χ1) is 14.3. The zero-order valence-corrected chi connectivity index (χ0v) is 16.2. The number of ketones is 1. The number of benzene rings is 1. The first-order valence-electron chi connectivity index (χ1n) is 10.1. The molecule has 0 bridgehead atoms. The van der Waals surface area contributed by atoms with Gasteiger partial charge >= 0.3 is 0 Å². The molecule has 146 valence electrons.